The first kappa shape index (κ1) is 30.3. The van der Waals surface area contributed by atoms with Crippen LogP contribution in [0, 0.1) is 11.8 Å². The van der Waals surface area contributed by atoms with Crippen molar-refractivity contribution < 1.29 is 9.13 Å². The molecule has 0 spiro atoms. The Morgan fingerprint density at radius 1 is 1.21 bits per heavy atom. The lowest BCUT2D eigenvalue weighted by atomic mass is 10.2. The Balaban J connectivity index is 0.00000281. The number of rotatable bonds is 9. The van der Waals surface area contributed by atoms with Crippen molar-refractivity contribution >= 4 is 37.5 Å². The molecule has 1 aromatic carbocycles. The van der Waals surface area contributed by atoms with Crippen molar-refractivity contribution in [3.8, 4) is 11.8 Å². The third-order valence-corrected chi connectivity index (χ3v) is 6.50. The van der Waals surface area contributed by atoms with E-state index in [1.54, 1.807) is 7.05 Å². The van der Waals surface area contributed by atoms with Crippen LogP contribution in [0.5, 0.6) is 0 Å². The summed E-state index contributed by atoms with van der Waals surface area (Å²) in [5.74, 6) is 8.48. The molecule has 2 rings (SSSR count). The van der Waals surface area contributed by atoms with Crippen LogP contribution in [0.1, 0.15) is 26.3 Å². The van der Waals surface area contributed by atoms with E-state index < -0.39 is 10.0 Å². The van der Waals surface area contributed by atoms with E-state index in [9.17, 15) is 4.39 Å². The lowest BCUT2D eigenvalue weighted by Gasteiger charge is -2.26. The molecule has 1 aliphatic heterocycles. The summed E-state index contributed by atoms with van der Waals surface area (Å²) in [6.07, 6.45) is 11.1. The second-order valence-corrected chi connectivity index (χ2v) is 14.6. The van der Waals surface area contributed by atoms with E-state index in [4.69, 9.17) is 4.74 Å². The van der Waals surface area contributed by atoms with Gasteiger partial charge in [0.05, 0.1) is 12.3 Å². The highest BCUT2D eigenvalue weighted by molar-refractivity contribution is 9.09. The fourth-order valence-electron chi connectivity index (χ4n) is 3.07. The number of halogens is 2. The molecular formula is C27H41BrFN3OS. The number of anilines is 1. The molecule has 0 bridgehead atoms. The zero-order valence-corrected chi connectivity index (χ0v) is 24.4. The van der Waals surface area contributed by atoms with Crippen LogP contribution in [0.25, 0.3) is 0 Å². The highest BCUT2D eigenvalue weighted by Crippen LogP contribution is 2.33. The van der Waals surface area contributed by atoms with Crippen LogP contribution in [-0.4, -0.2) is 80.7 Å². The molecule has 0 N–H and O–H groups in total. The summed E-state index contributed by atoms with van der Waals surface area (Å²) in [7, 11) is 3.08. The summed E-state index contributed by atoms with van der Waals surface area (Å²) in [5, 5.41) is 0. The SMILES string of the molecule is CC.CN=C1/C(=C\C(C)Br)C=C(C#Cc2ccc(N(C)CCF)cc2)N1COCCS(C)(C)C. The van der Waals surface area contributed by atoms with E-state index in [1.165, 1.54) is 0 Å². The molecule has 0 fully saturated rings. The van der Waals surface area contributed by atoms with Gasteiger partial charge in [-0.25, -0.2) is 14.4 Å². The molecule has 190 valence electrons. The predicted molar refractivity (Wildman–Crippen MR) is 155 cm³/mol. The average molecular weight is 555 g/mol. The van der Waals surface area contributed by atoms with E-state index in [0.29, 0.717) is 13.3 Å². The predicted octanol–water partition coefficient (Wildman–Crippen LogP) is 6.08. The maximum Gasteiger partial charge on any atom is 0.137 e. The van der Waals surface area contributed by atoms with Crippen LogP contribution in [-0.2, 0) is 4.74 Å². The van der Waals surface area contributed by atoms with Crippen molar-refractivity contribution in [1.82, 2.24) is 4.90 Å². The largest absolute Gasteiger partial charge is 0.372 e. The minimum absolute atomic E-state index is 0.221. The highest BCUT2D eigenvalue weighted by Gasteiger charge is 2.25. The molecule has 0 radical (unpaired) electrons. The first-order valence-corrected chi connectivity index (χ1v) is 15.5. The Kier molecular flexibility index (Phi) is 13.6. The number of hydrogen-bond donors (Lipinski definition) is 0. The van der Waals surface area contributed by atoms with Crippen LogP contribution in [0.4, 0.5) is 10.1 Å². The molecule has 0 saturated carbocycles. The fourth-order valence-corrected chi connectivity index (χ4v) is 3.97. The Morgan fingerprint density at radius 3 is 2.38 bits per heavy atom. The number of allylic oxidation sites excluding steroid dienone is 2. The number of aliphatic imine (C=N–C) groups is 1. The number of benzene rings is 1. The van der Waals surface area contributed by atoms with Gasteiger partial charge in [0.15, 0.2) is 0 Å². The van der Waals surface area contributed by atoms with Crippen LogP contribution < -0.4 is 4.90 Å². The lowest BCUT2D eigenvalue weighted by Crippen LogP contribution is -2.29. The minimum Gasteiger partial charge on any atom is -0.372 e. The van der Waals surface area contributed by atoms with Crippen molar-refractivity contribution in [2.24, 2.45) is 4.99 Å². The molecular weight excluding hydrogens is 513 g/mol. The zero-order chi connectivity index (χ0) is 25.7. The molecule has 0 amide bonds. The van der Waals surface area contributed by atoms with Gasteiger partial charge in [0.1, 0.15) is 19.2 Å². The molecule has 0 saturated heterocycles. The van der Waals surface area contributed by atoms with Gasteiger partial charge in [-0.1, -0.05) is 41.8 Å². The third-order valence-electron chi connectivity index (χ3n) is 4.84. The van der Waals surface area contributed by atoms with Crippen LogP contribution in [0.2, 0.25) is 0 Å². The second-order valence-electron chi connectivity index (χ2n) is 8.54. The quantitative estimate of drug-likeness (QED) is 0.211. The van der Waals surface area contributed by atoms with Crippen LogP contribution in [0.15, 0.2) is 52.7 Å². The van der Waals surface area contributed by atoms with E-state index >= 15 is 0 Å². The van der Waals surface area contributed by atoms with Crippen molar-refractivity contribution in [2.75, 3.05) is 70.1 Å². The Hall–Kier alpha value is -1.75. The normalized spacial score (nSPS) is 17.0. The molecule has 1 aromatic rings. The van der Waals surface area contributed by atoms with Gasteiger partial charge >= 0.3 is 0 Å². The third kappa shape index (κ3) is 10.2. The summed E-state index contributed by atoms with van der Waals surface area (Å²) in [4.78, 5) is 8.65. The second kappa shape index (κ2) is 15.3. The van der Waals surface area contributed by atoms with Gasteiger partial charge in [-0.05, 0) is 62.0 Å². The van der Waals surface area contributed by atoms with E-state index in [0.717, 1.165) is 40.7 Å². The summed E-state index contributed by atoms with van der Waals surface area (Å²) >= 11 is 3.60. The first-order valence-electron chi connectivity index (χ1n) is 11.6. The zero-order valence-electron chi connectivity index (χ0n) is 22.0. The van der Waals surface area contributed by atoms with Gasteiger partial charge in [-0.2, -0.15) is 0 Å². The van der Waals surface area contributed by atoms with Gasteiger partial charge in [-0.3, -0.25) is 9.89 Å². The Bertz CT molecular complexity index is 909. The lowest BCUT2D eigenvalue weighted by molar-refractivity contribution is 0.0939. The van der Waals surface area contributed by atoms with Crippen molar-refractivity contribution in [3.05, 3.63) is 53.3 Å². The molecule has 1 unspecified atom stereocenters. The average Bonchev–Trinajstić information content (AvgIpc) is 3.11. The van der Waals surface area contributed by atoms with E-state index in [-0.39, 0.29) is 11.5 Å². The molecule has 1 atom stereocenters. The van der Waals surface area contributed by atoms with Crippen LogP contribution in [0.3, 0.4) is 0 Å². The maximum absolute atomic E-state index is 12.6. The summed E-state index contributed by atoms with van der Waals surface area (Å²) in [5.41, 5.74) is 3.78. The van der Waals surface area contributed by atoms with Crippen LogP contribution >= 0.6 is 26.0 Å². The highest BCUT2D eigenvalue weighted by atomic mass is 79.9. The molecule has 7 heteroatoms. The molecule has 1 aliphatic rings. The number of hydrogen-bond acceptors (Lipinski definition) is 3. The minimum atomic E-state index is -0.597. The number of nitrogens with zero attached hydrogens (tertiary/aromatic N) is 3. The number of alkyl halides is 2. The topological polar surface area (TPSA) is 28.1 Å². The number of ether oxygens (including phenoxy) is 1. The summed E-state index contributed by atoms with van der Waals surface area (Å²) < 4.78 is 18.6. The Labute approximate surface area is 216 Å². The number of amidine groups is 1. The van der Waals surface area contributed by atoms with Crippen molar-refractivity contribution in [1.29, 1.82) is 0 Å². The van der Waals surface area contributed by atoms with Gasteiger partial charge in [0, 0.05) is 48.0 Å². The molecule has 34 heavy (non-hydrogen) atoms. The van der Waals surface area contributed by atoms with Crippen molar-refractivity contribution in [3.63, 3.8) is 0 Å². The fraction of sp³-hybridized carbons (Fsp3) is 0.519. The van der Waals surface area contributed by atoms with Gasteiger partial charge in [0.25, 0.3) is 0 Å². The monoisotopic (exact) mass is 553 g/mol. The molecule has 0 aliphatic carbocycles. The standard InChI is InChI=1S/C25H35BrFN3OS.C2H6/c1-20(26)17-22-18-24(30(25(22)28-2)19-31-15-16-32(4,5)6)12-9-21-7-10-23(11-8-21)29(3)14-13-27;1-2/h7-8,10-11,17-18,20H,13-16,19H2,1-6H3;1-2H3/b22-17-,28-25?;. The molecule has 4 nitrogen and oxygen atoms in total. The first-order chi connectivity index (χ1) is 16.1. The molecule has 0 aromatic heterocycles. The molecule has 1 heterocycles. The van der Waals surface area contributed by atoms with Gasteiger partial charge in [-0.15, -0.1) is 0 Å². The maximum atomic E-state index is 12.6. The van der Waals surface area contributed by atoms with Gasteiger partial charge in [0.2, 0.25) is 0 Å². The van der Waals surface area contributed by atoms with Crippen molar-refractivity contribution in [2.45, 2.75) is 25.6 Å². The van der Waals surface area contributed by atoms with E-state index in [1.807, 2.05) is 55.0 Å². The summed E-state index contributed by atoms with van der Waals surface area (Å²) in [6, 6.07) is 7.86. The van der Waals surface area contributed by atoms with Gasteiger partial charge < -0.3 is 9.64 Å². The summed E-state index contributed by atoms with van der Waals surface area (Å²) in [6.45, 7) is 7.22. The smallest absolute Gasteiger partial charge is 0.137 e. The Morgan fingerprint density at radius 2 is 1.85 bits per heavy atom. The van der Waals surface area contributed by atoms with E-state index in [2.05, 4.69) is 70.6 Å².